The van der Waals surface area contributed by atoms with E-state index in [-0.39, 0.29) is 18.1 Å². The van der Waals surface area contributed by atoms with Gasteiger partial charge in [-0.2, -0.15) is 0 Å². The zero-order valence-corrected chi connectivity index (χ0v) is 12.4. The van der Waals surface area contributed by atoms with E-state index in [2.05, 4.69) is 5.32 Å². The summed E-state index contributed by atoms with van der Waals surface area (Å²) >= 11 is 6.11. The van der Waals surface area contributed by atoms with E-state index >= 15 is 0 Å². The minimum atomic E-state index is -0.205. The number of aliphatic hydroxyl groups is 1. The first kappa shape index (κ1) is 15.1. The van der Waals surface area contributed by atoms with Gasteiger partial charge >= 0.3 is 0 Å². The molecule has 1 aliphatic carbocycles. The van der Waals surface area contributed by atoms with Gasteiger partial charge in [-0.1, -0.05) is 29.8 Å². The molecule has 1 aromatic carbocycles. The number of benzene rings is 1. The third-order valence-corrected chi connectivity index (χ3v) is 4.02. The number of aliphatic hydroxyl groups excluding tert-OH is 1. The van der Waals surface area contributed by atoms with Crippen LogP contribution in [0.3, 0.4) is 0 Å². The molecule has 0 heterocycles. The second-order valence-corrected chi connectivity index (χ2v) is 5.73. The summed E-state index contributed by atoms with van der Waals surface area (Å²) in [6.07, 6.45) is 4.59. The fourth-order valence-corrected chi connectivity index (χ4v) is 2.80. The SMILES string of the molecule is CC(=CC(=O)NC1CCC(O)CC1)c1ccccc1Cl. The normalized spacial score (nSPS) is 23.4. The molecule has 2 N–H and O–H groups in total. The minimum Gasteiger partial charge on any atom is -0.393 e. The highest BCUT2D eigenvalue weighted by Crippen LogP contribution is 2.23. The van der Waals surface area contributed by atoms with Crippen LogP contribution in [0.25, 0.3) is 5.57 Å². The Bertz CT molecular complexity index is 505. The highest BCUT2D eigenvalue weighted by Gasteiger charge is 2.20. The summed E-state index contributed by atoms with van der Waals surface area (Å²) in [7, 11) is 0. The number of amides is 1. The number of hydrogen-bond acceptors (Lipinski definition) is 2. The van der Waals surface area contributed by atoms with Gasteiger partial charge in [0.05, 0.1) is 6.10 Å². The standard InChI is InChI=1S/C16H20ClNO2/c1-11(14-4-2-3-5-15(14)17)10-16(20)18-12-6-8-13(19)9-7-12/h2-5,10,12-13,19H,6-9H2,1H3,(H,18,20). The van der Waals surface area contributed by atoms with Gasteiger partial charge in [-0.15, -0.1) is 0 Å². The van der Waals surface area contributed by atoms with Crippen LogP contribution in [0.15, 0.2) is 30.3 Å². The molecule has 0 unspecified atom stereocenters. The van der Waals surface area contributed by atoms with Gasteiger partial charge in [0, 0.05) is 17.1 Å². The van der Waals surface area contributed by atoms with Crippen molar-refractivity contribution >= 4 is 23.1 Å². The maximum absolute atomic E-state index is 12.0. The lowest BCUT2D eigenvalue weighted by atomic mass is 9.93. The van der Waals surface area contributed by atoms with Crippen LogP contribution in [0, 0.1) is 0 Å². The molecule has 0 atom stereocenters. The molecule has 1 fully saturated rings. The molecule has 0 saturated heterocycles. The van der Waals surface area contributed by atoms with Gasteiger partial charge in [-0.3, -0.25) is 4.79 Å². The third-order valence-electron chi connectivity index (χ3n) is 3.69. The predicted molar refractivity (Wildman–Crippen MR) is 81.5 cm³/mol. The number of carbonyl (C=O) groups is 1. The predicted octanol–water partition coefficient (Wildman–Crippen LogP) is 3.16. The van der Waals surface area contributed by atoms with Crippen LogP contribution in [0.5, 0.6) is 0 Å². The summed E-state index contributed by atoms with van der Waals surface area (Å²) in [6.45, 7) is 1.88. The number of rotatable bonds is 3. The molecule has 20 heavy (non-hydrogen) atoms. The van der Waals surface area contributed by atoms with E-state index in [1.165, 1.54) is 0 Å². The van der Waals surface area contributed by atoms with Crippen molar-refractivity contribution in [3.8, 4) is 0 Å². The van der Waals surface area contributed by atoms with Crippen LogP contribution in [0.4, 0.5) is 0 Å². The molecule has 3 nitrogen and oxygen atoms in total. The third kappa shape index (κ3) is 4.09. The molecule has 4 heteroatoms. The van der Waals surface area contributed by atoms with Crippen molar-refractivity contribution in [2.45, 2.75) is 44.8 Å². The van der Waals surface area contributed by atoms with Crippen molar-refractivity contribution in [2.24, 2.45) is 0 Å². The number of allylic oxidation sites excluding steroid dienone is 1. The molecule has 1 saturated carbocycles. The Balaban J connectivity index is 1.96. The first-order chi connectivity index (χ1) is 9.56. The number of halogens is 1. The number of hydrogen-bond donors (Lipinski definition) is 2. The van der Waals surface area contributed by atoms with Crippen LogP contribution in [-0.2, 0) is 4.79 Å². The maximum Gasteiger partial charge on any atom is 0.244 e. The van der Waals surface area contributed by atoms with Crippen molar-refractivity contribution in [1.82, 2.24) is 5.32 Å². The molecular weight excluding hydrogens is 274 g/mol. The summed E-state index contributed by atoms with van der Waals surface area (Å²) in [4.78, 5) is 12.0. The smallest absolute Gasteiger partial charge is 0.244 e. The number of nitrogens with one attached hydrogen (secondary N) is 1. The number of carbonyl (C=O) groups excluding carboxylic acids is 1. The van der Waals surface area contributed by atoms with E-state index in [4.69, 9.17) is 11.6 Å². The lowest BCUT2D eigenvalue weighted by Gasteiger charge is -2.25. The largest absolute Gasteiger partial charge is 0.393 e. The van der Waals surface area contributed by atoms with Gasteiger partial charge in [0.25, 0.3) is 0 Å². The minimum absolute atomic E-state index is 0.0937. The van der Waals surface area contributed by atoms with E-state index in [1.54, 1.807) is 6.08 Å². The Morgan fingerprint density at radius 2 is 1.95 bits per heavy atom. The van der Waals surface area contributed by atoms with E-state index in [0.717, 1.165) is 36.8 Å². The molecule has 0 aromatic heterocycles. The second-order valence-electron chi connectivity index (χ2n) is 5.32. The zero-order chi connectivity index (χ0) is 14.5. The van der Waals surface area contributed by atoms with Gasteiger partial charge in [0.2, 0.25) is 5.91 Å². The zero-order valence-electron chi connectivity index (χ0n) is 11.6. The quantitative estimate of drug-likeness (QED) is 0.841. The Morgan fingerprint density at radius 3 is 2.60 bits per heavy atom. The molecule has 108 valence electrons. The lowest BCUT2D eigenvalue weighted by Crippen LogP contribution is -2.37. The highest BCUT2D eigenvalue weighted by atomic mass is 35.5. The second kappa shape index (κ2) is 6.91. The van der Waals surface area contributed by atoms with E-state index in [9.17, 15) is 9.90 Å². The molecule has 0 spiro atoms. The summed E-state index contributed by atoms with van der Waals surface area (Å²) in [5, 5.41) is 13.1. The van der Waals surface area contributed by atoms with Crippen LogP contribution in [0.2, 0.25) is 5.02 Å². The van der Waals surface area contributed by atoms with Crippen LogP contribution >= 0.6 is 11.6 Å². The molecule has 1 amide bonds. The summed E-state index contributed by atoms with van der Waals surface area (Å²) in [5.41, 5.74) is 1.73. The topological polar surface area (TPSA) is 49.3 Å². The van der Waals surface area contributed by atoms with Crippen LogP contribution in [0.1, 0.15) is 38.2 Å². The van der Waals surface area contributed by atoms with Crippen molar-refractivity contribution in [3.05, 3.63) is 40.9 Å². The molecular formula is C16H20ClNO2. The molecule has 0 bridgehead atoms. The fourth-order valence-electron chi connectivity index (χ4n) is 2.52. The molecule has 2 rings (SSSR count). The Hall–Kier alpha value is -1.32. The highest BCUT2D eigenvalue weighted by molar-refractivity contribution is 6.32. The van der Waals surface area contributed by atoms with Gasteiger partial charge in [0.1, 0.15) is 0 Å². The Labute approximate surface area is 124 Å². The lowest BCUT2D eigenvalue weighted by molar-refractivity contribution is -0.117. The fraction of sp³-hybridized carbons (Fsp3) is 0.438. The first-order valence-electron chi connectivity index (χ1n) is 6.98. The maximum atomic E-state index is 12.0. The average molecular weight is 294 g/mol. The van der Waals surface area contributed by atoms with E-state index < -0.39 is 0 Å². The van der Waals surface area contributed by atoms with Gasteiger partial charge in [0.15, 0.2) is 0 Å². The van der Waals surface area contributed by atoms with E-state index in [1.807, 2.05) is 31.2 Å². The molecule has 1 aliphatic rings. The van der Waals surface area contributed by atoms with Gasteiger partial charge in [-0.05, 0) is 49.8 Å². The summed E-state index contributed by atoms with van der Waals surface area (Å²) < 4.78 is 0. The van der Waals surface area contributed by atoms with Crippen molar-refractivity contribution in [2.75, 3.05) is 0 Å². The average Bonchev–Trinajstić information content (AvgIpc) is 2.41. The molecule has 0 aliphatic heterocycles. The van der Waals surface area contributed by atoms with Crippen molar-refractivity contribution in [3.63, 3.8) is 0 Å². The van der Waals surface area contributed by atoms with Crippen molar-refractivity contribution in [1.29, 1.82) is 0 Å². The van der Waals surface area contributed by atoms with Gasteiger partial charge in [-0.25, -0.2) is 0 Å². The van der Waals surface area contributed by atoms with Crippen LogP contribution < -0.4 is 5.32 Å². The first-order valence-corrected chi connectivity index (χ1v) is 7.36. The van der Waals surface area contributed by atoms with Crippen molar-refractivity contribution < 1.29 is 9.90 Å². The Morgan fingerprint density at radius 1 is 1.30 bits per heavy atom. The molecule has 0 radical (unpaired) electrons. The van der Waals surface area contributed by atoms with E-state index in [0.29, 0.717) is 5.02 Å². The summed E-state index contributed by atoms with van der Waals surface area (Å²) in [6, 6.07) is 7.65. The Kier molecular flexibility index (Phi) is 5.21. The monoisotopic (exact) mass is 293 g/mol. The summed E-state index contributed by atoms with van der Waals surface area (Å²) in [5.74, 6) is -0.0937. The van der Waals surface area contributed by atoms with Gasteiger partial charge < -0.3 is 10.4 Å². The van der Waals surface area contributed by atoms with Crippen LogP contribution in [-0.4, -0.2) is 23.2 Å². The molecule has 1 aromatic rings.